The average molecular weight is 283 g/mol. The largest absolute Gasteiger partial charge is 0.427 e. The highest BCUT2D eigenvalue weighted by molar-refractivity contribution is 5.69. The van der Waals surface area contributed by atoms with Crippen LogP contribution in [0, 0.1) is 0 Å². The average Bonchev–Trinajstić information content (AvgIpc) is 2.47. The van der Waals surface area contributed by atoms with Crippen LogP contribution in [0.1, 0.15) is 30.5 Å². The summed E-state index contributed by atoms with van der Waals surface area (Å²) in [5.74, 6) is 0.272. The van der Waals surface area contributed by atoms with Crippen molar-refractivity contribution in [2.75, 3.05) is 6.61 Å². The molecular formula is C17H17NO3. The molecule has 4 heteroatoms. The van der Waals surface area contributed by atoms with Gasteiger partial charge in [-0.05, 0) is 42.7 Å². The maximum absolute atomic E-state index is 11.1. The van der Waals surface area contributed by atoms with E-state index in [9.17, 15) is 4.79 Å². The van der Waals surface area contributed by atoms with Gasteiger partial charge in [0.15, 0.2) is 0 Å². The minimum absolute atomic E-state index is 0.308. The molecule has 0 amide bonds. The molecule has 0 spiro atoms. The summed E-state index contributed by atoms with van der Waals surface area (Å²) in [5.41, 5.74) is 2.74. The molecule has 1 aromatic heterocycles. The summed E-state index contributed by atoms with van der Waals surface area (Å²) in [5, 5.41) is 0. The second kappa shape index (κ2) is 5.30. The first-order valence-corrected chi connectivity index (χ1v) is 6.96. The van der Waals surface area contributed by atoms with Crippen molar-refractivity contribution in [3.05, 3.63) is 59.4 Å². The number of hydrogen-bond donors (Lipinski definition) is 0. The Labute approximate surface area is 123 Å². The van der Waals surface area contributed by atoms with Crippen molar-refractivity contribution in [2.45, 2.75) is 25.9 Å². The molecule has 2 aromatic rings. The van der Waals surface area contributed by atoms with Crippen molar-refractivity contribution >= 4 is 5.97 Å². The Balaban J connectivity index is 2.04. The van der Waals surface area contributed by atoms with Gasteiger partial charge in [0.05, 0.1) is 6.61 Å². The molecule has 0 bridgehead atoms. The number of carbonyl (C=O) groups is 1. The third kappa shape index (κ3) is 2.54. The Morgan fingerprint density at radius 1 is 1.38 bits per heavy atom. The van der Waals surface area contributed by atoms with Gasteiger partial charge in [-0.2, -0.15) is 0 Å². The number of rotatable bonds is 2. The van der Waals surface area contributed by atoms with Crippen molar-refractivity contribution in [1.82, 2.24) is 4.98 Å². The fourth-order valence-corrected chi connectivity index (χ4v) is 2.80. The van der Waals surface area contributed by atoms with Crippen molar-refractivity contribution in [3.63, 3.8) is 0 Å². The molecular weight excluding hydrogens is 266 g/mol. The van der Waals surface area contributed by atoms with Gasteiger partial charge in [-0.1, -0.05) is 12.1 Å². The van der Waals surface area contributed by atoms with Crippen LogP contribution in [0.3, 0.4) is 0 Å². The van der Waals surface area contributed by atoms with E-state index >= 15 is 0 Å². The normalized spacial score (nSPS) is 20.7. The Kier molecular flexibility index (Phi) is 3.47. The first kappa shape index (κ1) is 13.8. The van der Waals surface area contributed by atoms with Crippen LogP contribution in [0.2, 0.25) is 0 Å². The number of pyridine rings is 1. The lowest BCUT2D eigenvalue weighted by Gasteiger charge is -2.36. The van der Waals surface area contributed by atoms with Gasteiger partial charge in [0.25, 0.3) is 0 Å². The summed E-state index contributed by atoms with van der Waals surface area (Å²) in [7, 11) is 0. The second-order valence-electron chi connectivity index (χ2n) is 5.29. The predicted octanol–water partition coefficient (Wildman–Crippen LogP) is 2.84. The second-order valence-corrected chi connectivity index (χ2v) is 5.29. The van der Waals surface area contributed by atoms with Gasteiger partial charge in [-0.15, -0.1) is 0 Å². The fourth-order valence-electron chi connectivity index (χ4n) is 2.80. The molecule has 0 radical (unpaired) electrons. The number of benzene rings is 1. The number of aromatic nitrogens is 1. The Morgan fingerprint density at radius 2 is 2.24 bits per heavy atom. The maximum Gasteiger partial charge on any atom is 0.308 e. The van der Waals surface area contributed by atoms with Gasteiger partial charge in [0.1, 0.15) is 11.4 Å². The van der Waals surface area contributed by atoms with Crippen molar-refractivity contribution in [3.8, 4) is 5.75 Å². The van der Waals surface area contributed by atoms with Crippen LogP contribution in [0.15, 0.2) is 42.7 Å². The lowest BCUT2D eigenvalue weighted by Crippen LogP contribution is -2.33. The van der Waals surface area contributed by atoms with Crippen LogP contribution in [-0.4, -0.2) is 17.6 Å². The number of fused-ring (bicyclic) bond motifs is 1. The zero-order chi connectivity index (χ0) is 14.9. The van der Waals surface area contributed by atoms with Crippen molar-refractivity contribution in [1.29, 1.82) is 0 Å². The number of ether oxygens (including phenoxy) is 2. The van der Waals surface area contributed by atoms with Crippen LogP contribution in [-0.2, 0) is 21.6 Å². The molecule has 1 aliphatic rings. The SMILES string of the molecule is CC(=O)Oc1ccc2c(c1)CCOC2(C)c1cccnc1. The topological polar surface area (TPSA) is 48.4 Å². The quantitative estimate of drug-likeness (QED) is 0.628. The van der Waals surface area contributed by atoms with Crippen LogP contribution in [0.5, 0.6) is 5.75 Å². The molecule has 1 unspecified atom stereocenters. The fraction of sp³-hybridized carbons (Fsp3) is 0.294. The summed E-state index contributed by atoms with van der Waals surface area (Å²) in [6.07, 6.45) is 4.38. The van der Waals surface area contributed by atoms with Gasteiger partial charge in [-0.3, -0.25) is 9.78 Å². The summed E-state index contributed by atoms with van der Waals surface area (Å²) < 4.78 is 11.2. The van der Waals surface area contributed by atoms with Crippen LogP contribution < -0.4 is 4.74 Å². The van der Waals surface area contributed by atoms with E-state index in [4.69, 9.17) is 9.47 Å². The van der Waals surface area contributed by atoms with Gasteiger partial charge in [0, 0.05) is 24.9 Å². The molecule has 1 atom stereocenters. The highest BCUT2D eigenvalue weighted by Crippen LogP contribution is 2.39. The van der Waals surface area contributed by atoms with E-state index in [0.29, 0.717) is 12.4 Å². The standard InChI is InChI=1S/C17H17NO3/c1-12(19)21-15-5-6-16-13(10-15)7-9-20-17(16,2)14-4-3-8-18-11-14/h3-6,8,10-11H,7,9H2,1-2H3. The lowest BCUT2D eigenvalue weighted by atomic mass is 9.83. The number of hydrogen-bond acceptors (Lipinski definition) is 4. The van der Waals surface area contributed by atoms with E-state index in [2.05, 4.69) is 4.98 Å². The van der Waals surface area contributed by atoms with Gasteiger partial charge < -0.3 is 9.47 Å². The molecule has 2 heterocycles. The summed E-state index contributed by atoms with van der Waals surface area (Å²) in [6, 6.07) is 9.63. The maximum atomic E-state index is 11.1. The minimum atomic E-state index is -0.517. The molecule has 0 aliphatic carbocycles. The van der Waals surface area contributed by atoms with Crippen molar-refractivity contribution in [2.24, 2.45) is 0 Å². The highest BCUT2D eigenvalue weighted by Gasteiger charge is 2.35. The van der Waals surface area contributed by atoms with Gasteiger partial charge >= 0.3 is 5.97 Å². The molecule has 0 saturated carbocycles. The monoisotopic (exact) mass is 283 g/mol. The van der Waals surface area contributed by atoms with Crippen LogP contribution >= 0.6 is 0 Å². The number of nitrogens with zero attached hydrogens (tertiary/aromatic N) is 1. The first-order chi connectivity index (χ1) is 10.1. The minimum Gasteiger partial charge on any atom is -0.427 e. The van der Waals surface area contributed by atoms with E-state index in [1.807, 2.05) is 43.5 Å². The zero-order valence-electron chi connectivity index (χ0n) is 12.1. The summed E-state index contributed by atoms with van der Waals surface area (Å²) in [4.78, 5) is 15.3. The van der Waals surface area contributed by atoms with Crippen LogP contribution in [0.25, 0.3) is 0 Å². The van der Waals surface area contributed by atoms with Gasteiger partial charge in [0.2, 0.25) is 0 Å². The zero-order valence-corrected chi connectivity index (χ0v) is 12.1. The molecule has 1 aliphatic heterocycles. The molecule has 21 heavy (non-hydrogen) atoms. The molecule has 108 valence electrons. The molecule has 1 aromatic carbocycles. The molecule has 4 nitrogen and oxygen atoms in total. The molecule has 0 fully saturated rings. The van der Waals surface area contributed by atoms with E-state index in [1.165, 1.54) is 6.92 Å². The summed E-state index contributed by atoms with van der Waals surface area (Å²) >= 11 is 0. The Hall–Kier alpha value is -2.20. The smallest absolute Gasteiger partial charge is 0.308 e. The Bertz CT molecular complexity index is 669. The number of esters is 1. The first-order valence-electron chi connectivity index (χ1n) is 6.96. The van der Waals surface area contributed by atoms with E-state index in [1.54, 1.807) is 6.20 Å². The molecule has 3 rings (SSSR count). The van der Waals surface area contributed by atoms with Crippen molar-refractivity contribution < 1.29 is 14.3 Å². The summed E-state index contributed by atoms with van der Waals surface area (Å²) in [6.45, 7) is 4.08. The number of carbonyl (C=O) groups excluding carboxylic acids is 1. The lowest BCUT2D eigenvalue weighted by molar-refractivity contribution is -0.131. The third-order valence-corrected chi connectivity index (χ3v) is 3.83. The highest BCUT2D eigenvalue weighted by atomic mass is 16.5. The van der Waals surface area contributed by atoms with Crippen LogP contribution in [0.4, 0.5) is 0 Å². The predicted molar refractivity (Wildman–Crippen MR) is 78.1 cm³/mol. The van der Waals surface area contributed by atoms with E-state index in [-0.39, 0.29) is 5.97 Å². The van der Waals surface area contributed by atoms with E-state index in [0.717, 1.165) is 23.1 Å². The molecule has 0 N–H and O–H groups in total. The molecule has 0 saturated heterocycles. The third-order valence-electron chi connectivity index (χ3n) is 3.83. The Morgan fingerprint density at radius 3 is 2.95 bits per heavy atom. The van der Waals surface area contributed by atoms with E-state index < -0.39 is 5.60 Å². The van der Waals surface area contributed by atoms with Gasteiger partial charge in [-0.25, -0.2) is 0 Å².